The van der Waals surface area contributed by atoms with Gasteiger partial charge >= 0.3 is 0 Å². The van der Waals surface area contributed by atoms with Crippen LogP contribution >= 0.6 is 11.8 Å². The van der Waals surface area contributed by atoms with Crippen LogP contribution < -0.4 is 0 Å². The molecule has 0 radical (unpaired) electrons. The lowest BCUT2D eigenvalue weighted by molar-refractivity contribution is -0.137. The number of hydrogen-bond donors (Lipinski definition) is 1. The third-order valence-corrected chi connectivity index (χ3v) is 6.62. The fraction of sp³-hybridized carbons (Fsp3) is 0.941. The molecule has 2 aliphatic heterocycles. The number of aliphatic hydroxyl groups is 1. The molecule has 3 aliphatic rings. The maximum atomic E-state index is 12.8. The second-order valence-corrected chi connectivity index (χ2v) is 8.70. The van der Waals surface area contributed by atoms with Gasteiger partial charge in [0.1, 0.15) is 0 Å². The van der Waals surface area contributed by atoms with Gasteiger partial charge in [0.05, 0.1) is 11.6 Å². The van der Waals surface area contributed by atoms with Crippen LogP contribution in [0.4, 0.5) is 0 Å². The summed E-state index contributed by atoms with van der Waals surface area (Å²) in [5, 5.41) is 10.9. The van der Waals surface area contributed by atoms with Gasteiger partial charge < -0.3 is 10.0 Å². The molecule has 0 aromatic rings. The van der Waals surface area contributed by atoms with Crippen LogP contribution in [0.5, 0.6) is 0 Å². The van der Waals surface area contributed by atoms with Crippen LogP contribution in [0.2, 0.25) is 0 Å². The lowest BCUT2D eigenvalue weighted by atomic mass is 9.79. The van der Waals surface area contributed by atoms with Crippen molar-refractivity contribution >= 4 is 17.7 Å². The van der Waals surface area contributed by atoms with Gasteiger partial charge in [-0.2, -0.15) is 11.8 Å². The molecule has 1 aliphatic carbocycles. The Kier molecular flexibility index (Phi) is 5.35. The van der Waals surface area contributed by atoms with Crippen LogP contribution in [-0.4, -0.2) is 70.1 Å². The maximum absolute atomic E-state index is 12.8. The predicted molar refractivity (Wildman–Crippen MR) is 91.1 cm³/mol. The summed E-state index contributed by atoms with van der Waals surface area (Å²) in [6.07, 6.45) is 6.08. The van der Waals surface area contributed by atoms with Gasteiger partial charge in [-0.25, -0.2) is 0 Å². The molecular weight excluding hydrogens is 296 g/mol. The number of carbonyl (C=O) groups is 1. The molecule has 0 spiro atoms. The molecule has 3 fully saturated rings. The minimum atomic E-state index is -0.562. The molecule has 1 amide bonds. The lowest BCUT2D eigenvalue weighted by Gasteiger charge is -2.40. The highest BCUT2D eigenvalue weighted by atomic mass is 32.2. The average molecular weight is 327 g/mol. The summed E-state index contributed by atoms with van der Waals surface area (Å²) in [5.41, 5.74) is -0.562. The molecule has 1 atom stereocenters. The van der Waals surface area contributed by atoms with Crippen LogP contribution in [-0.2, 0) is 4.79 Å². The Bertz CT molecular complexity index is 390. The van der Waals surface area contributed by atoms with Crippen molar-refractivity contribution in [1.29, 1.82) is 0 Å². The first-order valence-electron chi connectivity index (χ1n) is 8.90. The van der Waals surface area contributed by atoms with Crippen LogP contribution in [0.1, 0.15) is 45.4 Å². The summed E-state index contributed by atoms with van der Waals surface area (Å²) in [6.45, 7) is 5.73. The number of β-amino-alcohol motifs (C(OH)–C–C–N with tert-alkyl or cyclic N) is 1. The van der Waals surface area contributed by atoms with Crippen molar-refractivity contribution in [2.45, 2.75) is 57.1 Å². The Balaban J connectivity index is 1.59. The fourth-order valence-electron chi connectivity index (χ4n) is 4.13. The highest BCUT2D eigenvalue weighted by Crippen LogP contribution is 2.34. The number of amides is 1. The van der Waals surface area contributed by atoms with Crippen LogP contribution in [0.15, 0.2) is 0 Å². The Morgan fingerprint density at radius 3 is 2.55 bits per heavy atom. The molecule has 4 nitrogen and oxygen atoms in total. The van der Waals surface area contributed by atoms with Crippen LogP contribution in [0.3, 0.4) is 0 Å². The Morgan fingerprint density at radius 1 is 1.18 bits per heavy atom. The normalized spacial score (nSPS) is 37.5. The van der Waals surface area contributed by atoms with Gasteiger partial charge in [0.15, 0.2) is 0 Å². The van der Waals surface area contributed by atoms with E-state index >= 15 is 0 Å². The summed E-state index contributed by atoms with van der Waals surface area (Å²) >= 11 is 1.94. The first-order chi connectivity index (χ1) is 10.6. The lowest BCUT2D eigenvalue weighted by Crippen LogP contribution is -2.53. The Labute approximate surface area is 138 Å². The zero-order valence-corrected chi connectivity index (χ0v) is 14.6. The summed E-state index contributed by atoms with van der Waals surface area (Å²) in [7, 11) is 0. The number of carbonyl (C=O) groups excluding carboxylic acids is 1. The summed E-state index contributed by atoms with van der Waals surface area (Å²) < 4.78 is 0. The van der Waals surface area contributed by atoms with E-state index in [1.54, 1.807) is 0 Å². The van der Waals surface area contributed by atoms with E-state index in [-0.39, 0.29) is 6.04 Å². The van der Waals surface area contributed by atoms with Crippen molar-refractivity contribution < 1.29 is 9.90 Å². The smallest absolute Gasteiger partial charge is 0.239 e. The van der Waals surface area contributed by atoms with Gasteiger partial charge in [0.25, 0.3) is 0 Å². The first-order valence-corrected chi connectivity index (χ1v) is 10.1. The number of hydrogen-bond acceptors (Lipinski definition) is 4. The number of thioether (sulfide) groups is 1. The van der Waals surface area contributed by atoms with Crippen molar-refractivity contribution in [2.24, 2.45) is 5.92 Å². The molecule has 1 unspecified atom stereocenters. The zero-order chi connectivity index (χ0) is 15.6. The third kappa shape index (κ3) is 3.80. The number of likely N-dealkylation sites (tertiary alicyclic amines) is 1. The van der Waals surface area contributed by atoms with Gasteiger partial charge in [0.2, 0.25) is 5.91 Å². The highest BCUT2D eigenvalue weighted by molar-refractivity contribution is 7.99. The molecule has 2 saturated heterocycles. The molecule has 1 saturated carbocycles. The summed E-state index contributed by atoms with van der Waals surface area (Å²) in [4.78, 5) is 17.1. The molecular formula is C17H30N2O2S. The molecule has 22 heavy (non-hydrogen) atoms. The monoisotopic (exact) mass is 326 g/mol. The maximum Gasteiger partial charge on any atom is 0.239 e. The van der Waals surface area contributed by atoms with E-state index in [9.17, 15) is 9.90 Å². The fourth-order valence-corrected chi connectivity index (χ4v) is 5.03. The highest BCUT2D eigenvalue weighted by Gasteiger charge is 2.40. The zero-order valence-electron chi connectivity index (χ0n) is 13.8. The van der Waals surface area contributed by atoms with Gasteiger partial charge in [-0.05, 0) is 51.0 Å². The standard InChI is InChI=1S/C17H30N2O2S/c1-14-4-6-17(21,7-5-14)13-19-8-2-3-15(19)16(20)18-9-11-22-12-10-18/h14-15,21H,2-13H2,1H3. The largest absolute Gasteiger partial charge is 0.389 e. The molecule has 1 N–H and O–H groups in total. The quantitative estimate of drug-likeness (QED) is 0.861. The van der Waals surface area contributed by atoms with E-state index in [2.05, 4.69) is 11.8 Å². The SMILES string of the molecule is CC1CCC(O)(CN2CCCC2C(=O)N2CCSCC2)CC1. The molecule has 0 bridgehead atoms. The topological polar surface area (TPSA) is 43.8 Å². The van der Waals surface area contributed by atoms with Crippen LogP contribution in [0, 0.1) is 5.92 Å². The van der Waals surface area contributed by atoms with E-state index in [1.807, 2.05) is 16.7 Å². The van der Waals surface area contributed by atoms with E-state index in [4.69, 9.17) is 0 Å². The second kappa shape index (κ2) is 7.10. The van der Waals surface area contributed by atoms with Crippen molar-refractivity contribution in [3.8, 4) is 0 Å². The molecule has 3 rings (SSSR count). The minimum Gasteiger partial charge on any atom is -0.389 e. The van der Waals surface area contributed by atoms with E-state index in [1.165, 1.54) is 0 Å². The summed E-state index contributed by atoms with van der Waals surface area (Å²) in [5.74, 6) is 3.19. The Morgan fingerprint density at radius 2 is 1.86 bits per heavy atom. The van der Waals surface area contributed by atoms with Gasteiger partial charge in [-0.1, -0.05) is 6.92 Å². The Hall–Kier alpha value is -0.260. The summed E-state index contributed by atoms with van der Waals surface area (Å²) in [6, 6.07) is 0.0199. The third-order valence-electron chi connectivity index (χ3n) is 5.67. The molecule has 0 aromatic heterocycles. The van der Waals surface area contributed by atoms with Gasteiger partial charge in [-0.15, -0.1) is 0 Å². The van der Waals surface area contributed by atoms with E-state index in [0.717, 1.165) is 75.6 Å². The van der Waals surface area contributed by atoms with Crippen LogP contribution in [0.25, 0.3) is 0 Å². The number of rotatable bonds is 3. The van der Waals surface area contributed by atoms with Crippen molar-refractivity contribution in [1.82, 2.24) is 9.80 Å². The van der Waals surface area contributed by atoms with Gasteiger partial charge in [0, 0.05) is 31.1 Å². The molecule has 2 heterocycles. The van der Waals surface area contributed by atoms with Gasteiger partial charge in [-0.3, -0.25) is 9.69 Å². The minimum absolute atomic E-state index is 0.0199. The second-order valence-electron chi connectivity index (χ2n) is 7.47. The first kappa shape index (κ1) is 16.6. The average Bonchev–Trinajstić information content (AvgIpc) is 2.98. The van der Waals surface area contributed by atoms with Crippen molar-refractivity contribution in [2.75, 3.05) is 37.7 Å². The van der Waals surface area contributed by atoms with E-state index in [0.29, 0.717) is 12.5 Å². The molecule has 5 heteroatoms. The predicted octanol–water partition coefficient (Wildman–Crippen LogP) is 1.97. The van der Waals surface area contributed by atoms with Crippen molar-refractivity contribution in [3.63, 3.8) is 0 Å². The molecule has 126 valence electrons. The van der Waals surface area contributed by atoms with Crippen molar-refractivity contribution in [3.05, 3.63) is 0 Å². The molecule has 0 aromatic carbocycles. The van der Waals surface area contributed by atoms with E-state index < -0.39 is 5.60 Å². The number of nitrogens with zero attached hydrogens (tertiary/aromatic N) is 2.